The summed E-state index contributed by atoms with van der Waals surface area (Å²) in [6.07, 6.45) is 3.91. The Kier molecular flexibility index (Phi) is 2.46. The molecule has 4 rings (SSSR count). The van der Waals surface area contributed by atoms with E-state index in [-0.39, 0.29) is 0 Å². The molecule has 0 radical (unpaired) electrons. The summed E-state index contributed by atoms with van der Waals surface area (Å²) in [7, 11) is 0. The Morgan fingerprint density at radius 2 is 1.10 bits per heavy atom. The van der Waals surface area contributed by atoms with Crippen LogP contribution < -0.4 is 0 Å². The first-order chi connectivity index (χ1) is 9.90. The lowest BCUT2D eigenvalue weighted by molar-refractivity contribution is 1.40. The van der Waals surface area contributed by atoms with Crippen molar-refractivity contribution in [2.45, 2.75) is 0 Å². The number of hydrogen-bond donors (Lipinski definition) is 2. The van der Waals surface area contributed by atoms with Crippen LogP contribution in [-0.2, 0) is 0 Å². The molecule has 4 aromatic rings. The van der Waals surface area contributed by atoms with Crippen LogP contribution in [0.25, 0.3) is 33.3 Å². The molecule has 0 amide bonds. The van der Waals surface area contributed by atoms with Crippen LogP contribution in [0.5, 0.6) is 0 Å². The summed E-state index contributed by atoms with van der Waals surface area (Å²) < 4.78 is 0. The predicted molar refractivity (Wildman–Crippen MR) is 83.5 cm³/mol. The molecule has 2 heterocycles. The third-order valence-corrected chi connectivity index (χ3v) is 3.66. The summed E-state index contributed by atoms with van der Waals surface area (Å²) >= 11 is 0. The fourth-order valence-electron chi connectivity index (χ4n) is 2.60. The van der Waals surface area contributed by atoms with Crippen LogP contribution in [-0.4, -0.2) is 9.97 Å². The molecule has 0 saturated carbocycles. The first-order valence-electron chi connectivity index (χ1n) is 6.71. The van der Waals surface area contributed by atoms with E-state index >= 15 is 0 Å². The lowest BCUT2D eigenvalue weighted by atomic mass is 10.0. The Morgan fingerprint density at radius 3 is 1.55 bits per heavy atom. The Hall–Kier alpha value is -2.74. The van der Waals surface area contributed by atoms with Crippen LogP contribution in [0.1, 0.15) is 0 Å². The van der Waals surface area contributed by atoms with Crippen LogP contribution in [0.3, 0.4) is 0 Å². The van der Waals surface area contributed by atoms with Gasteiger partial charge in [-0.05, 0) is 58.3 Å². The molecule has 0 spiro atoms. The van der Waals surface area contributed by atoms with Crippen molar-refractivity contribution >= 4 is 10.8 Å². The van der Waals surface area contributed by atoms with Gasteiger partial charge in [-0.25, -0.2) is 0 Å². The van der Waals surface area contributed by atoms with Gasteiger partial charge in [-0.1, -0.05) is 24.3 Å². The molecule has 0 atom stereocenters. The predicted octanol–water partition coefficient (Wildman–Crippen LogP) is 4.83. The van der Waals surface area contributed by atoms with Gasteiger partial charge in [-0.15, -0.1) is 0 Å². The van der Waals surface area contributed by atoms with Gasteiger partial charge in [0.05, 0.1) is 0 Å². The molecule has 0 aliphatic carbocycles. The van der Waals surface area contributed by atoms with E-state index in [0.717, 1.165) is 11.4 Å². The van der Waals surface area contributed by atoms with Crippen LogP contribution in [0.4, 0.5) is 0 Å². The van der Waals surface area contributed by atoms with Gasteiger partial charge in [-0.3, -0.25) is 0 Å². The lowest BCUT2D eigenvalue weighted by Crippen LogP contribution is -1.81. The van der Waals surface area contributed by atoms with Gasteiger partial charge < -0.3 is 9.97 Å². The highest BCUT2D eigenvalue weighted by molar-refractivity contribution is 5.90. The first kappa shape index (κ1) is 11.1. The molecular weight excluding hydrogens is 244 g/mol. The molecule has 2 heteroatoms. The van der Waals surface area contributed by atoms with Crippen LogP contribution >= 0.6 is 0 Å². The third-order valence-electron chi connectivity index (χ3n) is 3.66. The first-order valence-corrected chi connectivity index (χ1v) is 6.71. The number of benzene rings is 2. The van der Waals surface area contributed by atoms with Crippen molar-refractivity contribution in [1.82, 2.24) is 9.97 Å². The molecule has 0 fully saturated rings. The molecule has 0 unspecified atom stereocenters. The van der Waals surface area contributed by atoms with E-state index in [4.69, 9.17) is 0 Å². The Bertz CT molecular complexity index is 771. The zero-order chi connectivity index (χ0) is 13.4. The molecule has 2 aromatic carbocycles. The minimum absolute atomic E-state index is 1.15. The van der Waals surface area contributed by atoms with Crippen LogP contribution in [0, 0.1) is 0 Å². The van der Waals surface area contributed by atoms with Crippen molar-refractivity contribution in [2.75, 3.05) is 0 Å². The van der Waals surface area contributed by atoms with Crippen molar-refractivity contribution < 1.29 is 0 Å². The molecule has 0 aliphatic heterocycles. The molecular formula is C18H14N2. The monoisotopic (exact) mass is 258 g/mol. The van der Waals surface area contributed by atoms with Gasteiger partial charge in [0.1, 0.15) is 0 Å². The normalized spacial score (nSPS) is 11.0. The number of aromatic amines is 2. The fourth-order valence-corrected chi connectivity index (χ4v) is 2.60. The van der Waals surface area contributed by atoms with Crippen molar-refractivity contribution in [3.63, 3.8) is 0 Å². The minimum Gasteiger partial charge on any atom is -0.361 e. The van der Waals surface area contributed by atoms with Crippen molar-refractivity contribution in [1.29, 1.82) is 0 Å². The molecule has 2 N–H and O–H groups in total. The number of hydrogen-bond acceptors (Lipinski definition) is 0. The van der Waals surface area contributed by atoms with E-state index < -0.39 is 0 Å². The molecule has 20 heavy (non-hydrogen) atoms. The highest BCUT2D eigenvalue weighted by Gasteiger charge is 2.03. The van der Waals surface area contributed by atoms with E-state index in [0.29, 0.717) is 0 Å². The van der Waals surface area contributed by atoms with E-state index in [1.165, 1.54) is 21.9 Å². The zero-order valence-corrected chi connectivity index (χ0v) is 10.9. The number of nitrogens with one attached hydrogen (secondary N) is 2. The Morgan fingerprint density at radius 1 is 0.550 bits per heavy atom. The van der Waals surface area contributed by atoms with E-state index in [9.17, 15) is 0 Å². The average Bonchev–Trinajstić information content (AvgIpc) is 3.19. The van der Waals surface area contributed by atoms with Crippen molar-refractivity contribution in [3.8, 4) is 22.5 Å². The summed E-state index contributed by atoms with van der Waals surface area (Å²) in [5, 5.41) is 2.51. The zero-order valence-electron chi connectivity index (χ0n) is 10.9. The maximum absolute atomic E-state index is 3.25. The van der Waals surface area contributed by atoms with Gasteiger partial charge in [0.25, 0.3) is 0 Å². The summed E-state index contributed by atoms with van der Waals surface area (Å²) in [6, 6.07) is 21.3. The lowest BCUT2D eigenvalue weighted by Gasteiger charge is -2.05. The second kappa shape index (κ2) is 4.42. The Balaban J connectivity index is 1.88. The summed E-state index contributed by atoms with van der Waals surface area (Å²) in [5.41, 5.74) is 4.73. The number of aromatic nitrogens is 2. The van der Waals surface area contributed by atoms with E-state index in [1.807, 2.05) is 24.5 Å². The Labute approximate surface area is 117 Å². The maximum Gasteiger partial charge on any atom is 0.0454 e. The molecule has 0 aliphatic rings. The van der Waals surface area contributed by atoms with Crippen molar-refractivity contribution in [3.05, 3.63) is 73.1 Å². The second-order valence-electron chi connectivity index (χ2n) is 4.94. The molecule has 96 valence electrons. The second-order valence-corrected chi connectivity index (χ2v) is 4.94. The SMILES string of the molecule is c1c[nH]c(-c2ccc3ccc(-c4ccc[nH]4)cc3c2)c1. The van der Waals surface area contributed by atoms with Gasteiger partial charge in [0.2, 0.25) is 0 Å². The minimum atomic E-state index is 1.15. The number of rotatable bonds is 2. The van der Waals surface area contributed by atoms with Crippen molar-refractivity contribution in [2.24, 2.45) is 0 Å². The number of H-pyrrole nitrogens is 2. The standard InChI is InChI=1S/C18H14N2/c1-3-17(19-9-1)14-7-5-13-6-8-15(12-16(13)11-14)18-4-2-10-20-18/h1-12,19-20H. The smallest absolute Gasteiger partial charge is 0.0454 e. The largest absolute Gasteiger partial charge is 0.361 e. The number of fused-ring (bicyclic) bond motifs is 1. The van der Waals surface area contributed by atoms with E-state index in [2.05, 4.69) is 58.5 Å². The van der Waals surface area contributed by atoms with Crippen LogP contribution in [0.15, 0.2) is 73.1 Å². The summed E-state index contributed by atoms with van der Waals surface area (Å²) in [6.45, 7) is 0. The maximum atomic E-state index is 3.25. The van der Waals surface area contributed by atoms with E-state index in [1.54, 1.807) is 0 Å². The highest BCUT2D eigenvalue weighted by Crippen LogP contribution is 2.27. The molecule has 2 nitrogen and oxygen atoms in total. The highest BCUT2D eigenvalue weighted by atomic mass is 14.7. The van der Waals surface area contributed by atoms with Gasteiger partial charge >= 0.3 is 0 Å². The topological polar surface area (TPSA) is 31.6 Å². The van der Waals surface area contributed by atoms with Gasteiger partial charge in [0.15, 0.2) is 0 Å². The summed E-state index contributed by atoms with van der Waals surface area (Å²) in [4.78, 5) is 6.51. The quantitative estimate of drug-likeness (QED) is 0.516. The molecule has 2 aromatic heterocycles. The fraction of sp³-hybridized carbons (Fsp3) is 0. The molecule has 0 bridgehead atoms. The van der Waals surface area contributed by atoms with Crippen LogP contribution in [0.2, 0.25) is 0 Å². The van der Waals surface area contributed by atoms with Gasteiger partial charge in [0, 0.05) is 23.8 Å². The molecule has 0 saturated heterocycles. The third kappa shape index (κ3) is 1.82. The average molecular weight is 258 g/mol. The summed E-state index contributed by atoms with van der Waals surface area (Å²) in [5.74, 6) is 0. The van der Waals surface area contributed by atoms with Gasteiger partial charge in [-0.2, -0.15) is 0 Å².